The zero-order chi connectivity index (χ0) is 42.1. The first-order chi connectivity index (χ1) is 31.0. The van der Waals surface area contributed by atoms with Crippen LogP contribution < -0.4 is 4.90 Å². The predicted molar refractivity (Wildman–Crippen MR) is 265 cm³/mol. The average Bonchev–Trinajstić information content (AvgIpc) is 3.84. The zero-order valence-corrected chi connectivity index (χ0v) is 35.5. The molecule has 9 aromatic carbocycles. The van der Waals surface area contributed by atoms with E-state index < -0.39 is 0 Å². The van der Waals surface area contributed by atoms with Crippen LogP contribution in [0, 0.1) is 0 Å². The second-order valence-electron chi connectivity index (χ2n) is 17.6. The van der Waals surface area contributed by atoms with Gasteiger partial charge < -0.3 is 9.32 Å². The number of fused-ring (bicyclic) bond motifs is 8. The van der Waals surface area contributed by atoms with E-state index in [2.05, 4.69) is 231 Å². The molecule has 0 spiro atoms. The number of hydrogen-bond donors (Lipinski definition) is 0. The van der Waals surface area contributed by atoms with E-state index in [9.17, 15) is 0 Å². The summed E-state index contributed by atoms with van der Waals surface area (Å²) in [5, 5.41) is 4.54. The van der Waals surface area contributed by atoms with Gasteiger partial charge in [-0.3, -0.25) is 0 Å². The highest BCUT2D eigenvalue weighted by Gasteiger charge is 2.36. The molecule has 10 aromatic rings. The molecule has 0 bridgehead atoms. The number of anilines is 2. The molecule has 2 heteroatoms. The Hall–Kier alpha value is -7.68. The number of rotatable bonds is 7. The van der Waals surface area contributed by atoms with E-state index in [0.717, 1.165) is 68.1 Å². The normalized spacial score (nSPS) is 14.1. The van der Waals surface area contributed by atoms with Crippen molar-refractivity contribution < 1.29 is 4.42 Å². The summed E-state index contributed by atoms with van der Waals surface area (Å²) in [6.07, 6.45) is 6.57. The Labute approximate surface area is 368 Å². The van der Waals surface area contributed by atoms with Crippen molar-refractivity contribution in [3.05, 3.63) is 235 Å². The molecular weight excluding hydrogens is 763 g/mol. The van der Waals surface area contributed by atoms with Crippen LogP contribution in [0.5, 0.6) is 0 Å². The highest BCUT2D eigenvalue weighted by atomic mass is 16.3. The molecule has 0 unspecified atom stereocenters. The molecule has 12 rings (SSSR count). The topological polar surface area (TPSA) is 16.4 Å². The van der Waals surface area contributed by atoms with Gasteiger partial charge in [-0.2, -0.15) is 0 Å². The van der Waals surface area contributed by atoms with Gasteiger partial charge in [0.25, 0.3) is 0 Å². The van der Waals surface area contributed by atoms with Crippen molar-refractivity contribution in [3.63, 3.8) is 0 Å². The van der Waals surface area contributed by atoms with Crippen molar-refractivity contribution >= 4 is 49.7 Å². The Morgan fingerprint density at radius 2 is 1.00 bits per heavy atom. The third kappa shape index (κ3) is 6.16. The van der Waals surface area contributed by atoms with E-state index in [1.165, 1.54) is 61.3 Å². The van der Waals surface area contributed by atoms with E-state index in [0.29, 0.717) is 0 Å². The average molecular weight is 808 g/mol. The molecule has 0 radical (unpaired) electrons. The summed E-state index contributed by atoms with van der Waals surface area (Å²) in [5.41, 5.74) is 20.3. The minimum absolute atomic E-state index is 0.112. The summed E-state index contributed by atoms with van der Waals surface area (Å²) in [6, 6.07) is 73.1. The van der Waals surface area contributed by atoms with E-state index in [-0.39, 0.29) is 5.41 Å². The van der Waals surface area contributed by atoms with Crippen LogP contribution in [0.2, 0.25) is 0 Å². The SMILES string of the molecule is CC1(C)c2ccccc2-c2ccc(N(C3=CC=C(c4ccccc4)CC3)c3cccc(-c4cc(-c5ccccc5)c5oc6c7ccccc7c(-c7ccccc7)cc6c5c4)c3)cc21. The number of allylic oxidation sites excluding steroid dienone is 4. The highest BCUT2D eigenvalue weighted by Crippen LogP contribution is 2.51. The van der Waals surface area contributed by atoms with Gasteiger partial charge >= 0.3 is 0 Å². The Morgan fingerprint density at radius 3 is 1.75 bits per heavy atom. The standard InChI is InChI=1S/C61H45NO/c1-61(2)57-28-15-14-26-50(57)51-34-33-48(38-58(51)61)62(46-31-29-41(30-32-46)40-17-6-3-7-18-40)47-24-16-23-44(35-47)45-36-54(43-21-10-5-11-22-43)60-55(37-45)56-39-53(42-19-8-4-9-20-42)49-25-12-13-27-52(49)59(56)63-60/h3-29,31,33-39H,30,32H2,1-2H3. The quantitative estimate of drug-likeness (QED) is 0.159. The fraction of sp³-hybridized carbons (Fsp3) is 0.0820. The fourth-order valence-corrected chi connectivity index (χ4v) is 10.4. The second-order valence-corrected chi connectivity index (χ2v) is 17.6. The largest absolute Gasteiger partial charge is 0.455 e. The van der Waals surface area contributed by atoms with Gasteiger partial charge in [-0.15, -0.1) is 0 Å². The van der Waals surface area contributed by atoms with Crippen LogP contribution in [0.25, 0.3) is 82.8 Å². The lowest BCUT2D eigenvalue weighted by molar-refractivity contribution is 0.660. The number of hydrogen-bond acceptors (Lipinski definition) is 2. The molecule has 2 nitrogen and oxygen atoms in total. The third-order valence-electron chi connectivity index (χ3n) is 13.6. The maximum Gasteiger partial charge on any atom is 0.143 e. The minimum Gasteiger partial charge on any atom is -0.455 e. The van der Waals surface area contributed by atoms with Crippen LogP contribution in [-0.4, -0.2) is 0 Å². The Bertz CT molecular complexity index is 3460. The Kier molecular flexibility index (Phi) is 8.69. The van der Waals surface area contributed by atoms with Crippen molar-refractivity contribution in [2.45, 2.75) is 32.1 Å². The predicted octanol–water partition coefficient (Wildman–Crippen LogP) is 16.9. The van der Waals surface area contributed by atoms with Crippen molar-refractivity contribution in [2.75, 3.05) is 4.90 Å². The number of nitrogens with zero attached hydrogens (tertiary/aromatic N) is 1. The molecule has 63 heavy (non-hydrogen) atoms. The van der Waals surface area contributed by atoms with Gasteiger partial charge in [0.2, 0.25) is 0 Å². The molecule has 0 N–H and O–H groups in total. The summed E-state index contributed by atoms with van der Waals surface area (Å²) in [6.45, 7) is 4.74. The summed E-state index contributed by atoms with van der Waals surface area (Å²) >= 11 is 0. The molecule has 1 aromatic heterocycles. The van der Waals surface area contributed by atoms with Crippen LogP contribution in [-0.2, 0) is 5.41 Å². The molecule has 300 valence electrons. The van der Waals surface area contributed by atoms with E-state index in [4.69, 9.17) is 4.42 Å². The molecule has 2 aliphatic carbocycles. The van der Waals surface area contributed by atoms with Crippen molar-refractivity contribution in [1.29, 1.82) is 0 Å². The van der Waals surface area contributed by atoms with Gasteiger partial charge in [-0.1, -0.05) is 178 Å². The first-order valence-electron chi connectivity index (χ1n) is 22.1. The minimum atomic E-state index is -0.112. The molecule has 0 saturated heterocycles. The monoisotopic (exact) mass is 807 g/mol. The van der Waals surface area contributed by atoms with E-state index in [1.807, 2.05) is 0 Å². The molecule has 0 amide bonds. The summed E-state index contributed by atoms with van der Waals surface area (Å²) in [5.74, 6) is 0. The smallest absolute Gasteiger partial charge is 0.143 e. The lowest BCUT2D eigenvalue weighted by atomic mass is 9.82. The molecular formula is C61H45NO. The summed E-state index contributed by atoms with van der Waals surface area (Å²) in [7, 11) is 0. The van der Waals surface area contributed by atoms with Crippen molar-refractivity contribution in [1.82, 2.24) is 0 Å². The van der Waals surface area contributed by atoms with Crippen LogP contribution >= 0.6 is 0 Å². The summed E-state index contributed by atoms with van der Waals surface area (Å²) in [4.78, 5) is 2.50. The zero-order valence-electron chi connectivity index (χ0n) is 35.5. The van der Waals surface area contributed by atoms with Gasteiger partial charge in [-0.25, -0.2) is 0 Å². The van der Waals surface area contributed by atoms with Gasteiger partial charge in [0.05, 0.1) is 0 Å². The number of benzene rings is 9. The lowest BCUT2D eigenvalue weighted by Gasteiger charge is -2.31. The maximum atomic E-state index is 7.03. The van der Waals surface area contributed by atoms with Gasteiger partial charge in [0, 0.05) is 44.2 Å². The molecule has 0 aliphatic heterocycles. The van der Waals surface area contributed by atoms with Crippen LogP contribution in [0.15, 0.2) is 222 Å². The first kappa shape index (κ1) is 37.1. The molecule has 0 saturated carbocycles. The maximum absolute atomic E-state index is 7.03. The second kappa shape index (κ2) is 14.8. The molecule has 0 atom stereocenters. The van der Waals surface area contributed by atoms with E-state index >= 15 is 0 Å². The van der Waals surface area contributed by atoms with Gasteiger partial charge in [0.1, 0.15) is 11.2 Å². The molecule has 2 aliphatic rings. The fourth-order valence-electron chi connectivity index (χ4n) is 10.4. The third-order valence-corrected chi connectivity index (χ3v) is 13.6. The molecule has 0 fully saturated rings. The first-order valence-corrected chi connectivity index (χ1v) is 22.1. The van der Waals surface area contributed by atoms with Crippen LogP contribution in [0.1, 0.15) is 43.4 Å². The molecule has 1 heterocycles. The van der Waals surface area contributed by atoms with Gasteiger partial charge in [0.15, 0.2) is 0 Å². The van der Waals surface area contributed by atoms with Crippen LogP contribution in [0.3, 0.4) is 0 Å². The lowest BCUT2D eigenvalue weighted by Crippen LogP contribution is -2.20. The van der Waals surface area contributed by atoms with Crippen molar-refractivity contribution in [2.24, 2.45) is 0 Å². The van der Waals surface area contributed by atoms with E-state index in [1.54, 1.807) is 0 Å². The summed E-state index contributed by atoms with van der Waals surface area (Å²) < 4.78 is 7.03. The van der Waals surface area contributed by atoms with Crippen LogP contribution in [0.4, 0.5) is 11.4 Å². The highest BCUT2D eigenvalue weighted by molar-refractivity contribution is 6.21. The van der Waals surface area contributed by atoms with Gasteiger partial charge in [-0.05, 0) is 128 Å². The Morgan fingerprint density at radius 1 is 0.381 bits per heavy atom. The van der Waals surface area contributed by atoms with Crippen molar-refractivity contribution in [3.8, 4) is 44.5 Å². The Balaban J connectivity index is 1.05. The number of furan rings is 1.